The van der Waals surface area contributed by atoms with Gasteiger partial charge in [0.15, 0.2) is 0 Å². The zero-order valence-electron chi connectivity index (χ0n) is 21.1. The van der Waals surface area contributed by atoms with Crippen molar-refractivity contribution >= 4 is 48.8 Å². The van der Waals surface area contributed by atoms with E-state index in [9.17, 15) is 0 Å². The van der Waals surface area contributed by atoms with Crippen molar-refractivity contribution in [2.45, 2.75) is 0 Å². The number of hydrogen-bond donors (Lipinski definition) is 0. The minimum atomic E-state index is 1.20. The van der Waals surface area contributed by atoms with Crippen LogP contribution in [0, 0.1) is 0 Å². The summed E-state index contributed by atoms with van der Waals surface area (Å²) in [5, 5.41) is 10.2. The van der Waals surface area contributed by atoms with Crippen molar-refractivity contribution < 1.29 is 0 Å². The normalized spacial score (nSPS) is 11.5. The van der Waals surface area contributed by atoms with Crippen LogP contribution < -0.4 is 4.90 Å². The first kappa shape index (κ1) is 21.6. The van der Waals surface area contributed by atoms with Gasteiger partial charge in [0.25, 0.3) is 0 Å². The minimum Gasteiger partial charge on any atom is -0.378 e. The van der Waals surface area contributed by atoms with E-state index in [4.69, 9.17) is 0 Å². The Balaban J connectivity index is 1.63. The van der Waals surface area contributed by atoms with E-state index in [1.54, 1.807) is 0 Å². The van der Waals surface area contributed by atoms with Gasteiger partial charge in [-0.25, -0.2) is 0 Å². The van der Waals surface area contributed by atoms with Gasteiger partial charge in [-0.05, 0) is 89.6 Å². The predicted octanol–water partition coefficient (Wildman–Crippen LogP) is 9.70. The lowest BCUT2D eigenvalue weighted by atomic mass is 9.85. The van der Waals surface area contributed by atoms with Gasteiger partial charge in [-0.3, -0.25) is 0 Å². The monoisotopic (exact) mass is 473 g/mol. The molecule has 0 aliphatic rings. The Morgan fingerprint density at radius 1 is 0.378 bits per heavy atom. The molecule has 176 valence electrons. The SMILES string of the molecule is CN(C)c1ccc2c(-c3ccc4ccccc4c3)c3ccccc3c(-c3ccc4ccccc4c3)c2c1. The van der Waals surface area contributed by atoms with Crippen LogP contribution in [-0.2, 0) is 0 Å². The second kappa shape index (κ2) is 8.50. The third-order valence-corrected chi connectivity index (χ3v) is 7.60. The molecule has 7 rings (SSSR count). The van der Waals surface area contributed by atoms with Gasteiger partial charge in [0.05, 0.1) is 0 Å². The molecule has 0 fully saturated rings. The van der Waals surface area contributed by atoms with Crippen LogP contribution in [0.3, 0.4) is 0 Å². The molecule has 0 aliphatic carbocycles. The molecular weight excluding hydrogens is 446 g/mol. The standard InChI is InChI=1S/C36H27N/c1-37(2)30-19-20-33-34(23-30)36(29-18-16-25-10-4-6-12-27(25)22-29)32-14-8-7-13-31(32)35(33)28-17-15-24-9-3-5-11-26(24)21-28/h3-23H,1-2H3. The van der Waals surface area contributed by atoms with Crippen LogP contribution in [0.5, 0.6) is 0 Å². The van der Waals surface area contributed by atoms with Gasteiger partial charge in [0.2, 0.25) is 0 Å². The van der Waals surface area contributed by atoms with Crippen LogP contribution in [0.1, 0.15) is 0 Å². The van der Waals surface area contributed by atoms with E-state index < -0.39 is 0 Å². The maximum Gasteiger partial charge on any atom is 0.0367 e. The smallest absolute Gasteiger partial charge is 0.0367 e. The molecular formula is C36H27N. The summed E-state index contributed by atoms with van der Waals surface area (Å²) in [5.74, 6) is 0. The maximum absolute atomic E-state index is 2.36. The molecule has 0 saturated heterocycles. The lowest BCUT2D eigenvalue weighted by Crippen LogP contribution is -2.08. The van der Waals surface area contributed by atoms with Crippen LogP contribution in [0.2, 0.25) is 0 Å². The van der Waals surface area contributed by atoms with Crippen molar-refractivity contribution in [2.24, 2.45) is 0 Å². The Labute approximate surface area is 217 Å². The molecule has 0 spiro atoms. The van der Waals surface area contributed by atoms with E-state index in [0.717, 1.165) is 0 Å². The second-order valence-electron chi connectivity index (χ2n) is 10.0. The van der Waals surface area contributed by atoms with Gasteiger partial charge in [-0.2, -0.15) is 0 Å². The summed E-state index contributed by atoms with van der Waals surface area (Å²) in [5.41, 5.74) is 6.30. The van der Waals surface area contributed by atoms with Crippen molar-refractivity contribution in [2.75, 3.05) is 19.0 Å². The number of fused-ring (bicyclic) bond motifs is 4. The fourth-order valence-electron chi connectivity index (χ4n) is 5.76. The summed E-state index contributed by atoms with van der Waals surface area (Å²) >= 11 is 0. The van der Waals surface area contributed by atoms with Gasteiger partial charge >= 0.3 is 0 Å². The highest BCUT2D eigenvalue weighted by Gasteiger charge is 2.18. The maximum atomic E-state index is 2.36. The molecule has 0 aliphatic heterocycles. The molecule has 7 aromatic rings. The highest BCUT2D eigenvalue weighted by atomic mass is 15.1. The van der Waals surface area contributed by atoms with Crippen LogP contribution in [0.15, 0.2) is 127 Å². The molecule has 0 radical (unpaired) electrons. The topological polar surface area (TPSA) is 3.24 Å². The van der Waals surface area contributed by atoms with Crippen molar-refractivity contribution in [3.63, 3.8) is 0 Å². The number of anilines is 1. The molecule has 0 amide bonds. The summed E-state index contributed by atoms with van der Waals surface area (Å²) in [4.78, 5) is 2.19. The summed E-state index contributed by atoms with van der Waals surface area (Å²) in [6.07, 6.45) is 0. The predicted molar refractivity (Wildman–Crippen MR) is 162 cm³/mol. The van der Waals surface area contributed by atoms with E-state index in [-0.39, 0.29) is 0 Å². The fourth-order valence-corrected chi connectivity index (χ4v) is 5.76. The van der Waals surface area contributed by atoms with Gasteiger partial charge in [-0.15, -0.1) is 0 Å². The molecule has 1 nitrogen and oxygen atoms in total. The summed E-state index contributed by atoms with van der Waals surface area (Å²) in [7, 11) is 4.23. The van der Waals surface area contributed by atoms with Crippen LogP contribution in [0.25, 0.3) is 65.3 Å². The van der Waals surface area contributed by atoms with Crippen LogP contribution in [-0.4, -0.2) is 14.1 Å². The average Bonchev–Trinajstić information content (AvgIpc) is 2.95. The zero-order chi connectivity index (χ0) is 24.9. The minimum absolute atomic E-state index is 1.20. The quantitative estimate of drug-likeness (QED) is 0.231. The van der Waals surface area contributed by atoms with Gasteiger partial charge in [0, 0.05) is 19.8 Å². The lowest BCUT2D eigenvalue weighted by molar-refractivity contribution is 1.14. The van der Waals surface area contributed by atoms with E-state index in [1.807, 2.05) is 0 Å². The molecule has 37 heavy (non-hydrogen) atoms. The molecule has 0 saturated carbocycles. The van der Waals surface area contributed by atoms with Crippen LogP contribution in [0.4, 0.5) is 5.69 Å². The Hall–Kier alpha value is -4.62. The number of hydrogen-bond acceptors (Lipinski definition) is 1. The fraction of sp³-hybridized carbons (Fsp3) is 0.0556. The second-order valence-corrected chi connectivity index (χ2v) is 10.0. The number of nitrogens with zero attached hydrogens (tertiary/aromatic N) is 1. The molecule has 7 aromatic carbocycles. The van der Waals surface area contributed by atoms with E-state index in [2.05, 4.69) is 146 Å². The largest absolute Gasteiger partial charge is 0.378 e. The molecule has 0 heterocycles. The average molecular weight is 474 g/mol. The zero-order valence-corrected chi connectivity index (χ0v) is 21.1. The highest BCUT2D eigenvalue weighted by molar-refractivity contribution is 6.22. The van der Waals surface area contributed by atoms with Gasteiger partial charge < -0.3 is 4.90 Å². The Kier molecular flexibility index (Phi) is 4.97. The van der Waals surface area contributed by atoms with Crippen molar-refractivity contribution in [3.8, 4) is 22.3 Å². The lowest BCUT2D eigenvalue weighted by Gasteiger charge is -2.20. The number of benzene rings is 7. The van der Waals surface area contributed by atoms with Crippen LogP contribution >= 0.6 is 0 Å². The first-order chi connectivity index (χ1) is 18.2. The summed E-state index contributed by atoms with van der Waals surface area (Å²) in [6.45, 7) is 0. The highest BCUT2D eigenvalue weighted by Crippen LogP contribution is 2.45. The molecule has 0 atom stereocenters. The third-order valence-electron chi connectivity index (χ3n) is 7.60. The Morgan fingerprint density at radius 2 is 0.838 bits per heavy atom. The molecule has 0 aromatic heterocycles. The Morgan fingerprint density at radius 3 is 1.38 bits per heavy atom. The Bertz CT molecular complexity index is 1960. The third kappa shape index (κ3) is 3.55. The molecule has 1 heteroatoms. The molecule has 0 bridgehead atoms. The van der Waals surface area contributed by atoms with Crippen molar-refractivity contribution in [3.05, 3.63) is 127 Å². The first-order valence-electron chi connectivity index (χ1n) is 12.8. The van der Waals surface area contributed by atoms with Crippen molar-refractivity contribution in [1.29, 1.82) is 0 Å². The molecule has 0 N–H and O–H groups in total. The van der Waals surface area contributed by atoms with Crippen molar-refractivity contribution in [1.82, 2.24) is 0 Å². The van der Waals surface area contributed by atoms with E-state index in [1.165, 1.54) is 71.0 Å². The first-order valence-corrected chi connectivity index (χ1v) is 12.8. The van der Waals surface area contributed by atoms with Gasteiger partial charge in [0.1, 0.15) is 0 Å². The van der Waals surface area contributed by atoms with E-state index >= 15 is 0 Å². The summed E-state index contributed by atoms with van der Waals surface area (Å²) in [6, 6.07) is 46.8. The molecule has 0 unspecified atom stereocenters. The van der Waals surface area contributed by atoms with Gasteiger partial charge in [-0.1, -0.05) is 103 Å². The number of rotatable bonds is 3. The summed E-state index contributed by atoms with van der Waals surface area (Å²) < 4.78 is 0. The van der Waals surface area contributed by atoms with E-state index in [0.29, 0.717) is 0 Å².